The highest BCUT2D eigenvalue weighted by Crippen LogP contribution is 2.21. The summed E-state index contributed by atoms with van der Waals surface area (Å²) in [6.07, 6.45) is -1.31. The Morgan fingerprint density at radius 3 is 2.61 bits per heavy atom. The molecule has 2 heterocycles. The molecule has 2 saturated heterocycles. The summed E-state index contributed by atoms with van der Waals surface area (Å²) in [4.78, 5) is 16.4. The maximum absolute atomic E-state index is 12.3. The standard InChI is InChI=1S/C15H26F3N3O2/c1-12(14(22)19-11-15(16,17)18)21-5-3-2-4-13(21)10-20-6-8-23-9-7-20/h12-13H,2-11H2,1H3,(H,19,22). The van der Waals surface area contributed by atoms with Crippen LogP contribution < -0.4 is 5.32 Å². The number of hydrogen-bond acceptors (Lipinski definition) is 4. The number of alkyl halides is 3. The third-order valence-electron chi connectivity index (χ3n) is 4.59. The molecule has 2 aliphatic heterocycles. The van der Waals surface area contributed by atoms with Crippen LogP contribution in [-0.2, 0) is 9.53 Å². The van der Waals surface area contributed by atoms with Gasteiger partial charge in [0.1, 0.15) is 6.54 Å². The SMILES string of the molecule is CC(C(=O)NCC(F)(F)F)N1CCCCC1CN1CCOCC1. The summed E-state index contributed by atoms with van der Waals surface area (Å²) in [5.74, 6) is -0.545. The van der Waals surface area contributed by atoms with Crippen LogP contribution in [-0.4, -0.2) is 79.9 Å². The number of nitrogens with one attached hydrogen (secondary N) is 1. The molecule has 2 rings (SSSR count). The van der Waals surface area contributed by atoms with Crippen molar-refractivity contribution in [2.45, 2.75) is 44.4 Å². The molecule has 0 spiro atoms. The first-order chi connectivity index (χ1) is 10.9. The van der Waals surface area contributed by atoms with E-state index in [4.69, 9.17) is 4.74 Å². The van der Waals surface area contributed by atoms with Gasteiger partial charge in [0, 0.05) is 25.7 Å². The predicted octanol–water partition coefficient (Wildman–Crippen LogP) is 1.24. The number of rotatable bonds is 5. The molecule has 0 aliphatic carbocycles. The van der Waals surface area contributed by atoms with Gasteiger partial charge >= 0.3 is 6.18 Å². The van der Waals surface area contributed by atoms with Crippen molar-refractivity contribution in [2.24, 2.45) is 0 Å². The number of piperidine rings is 1. The third-order valence-corrected chi connectivity index (χ3v) is 4.59. The van der Waals surface area contributed by atoms with Crippen LogP contribution in [0.15, 0.2) is 0 Å². The molecule has 5 nitrogen and oxygen atoms in total. The second-order valence-corrected chi connectivity index (χ2v) is 6.31. The van der Waals surface area contributed by atoms with E-state index in [-0.39, 0.29) is 6.04 Å². The minimum atomic E-state index is -4.37. The normalized spacial score (nSPS) is 26.0. The molecule has 2 unspecified atom stereocenters. The predicted molar refractivity (Wildman–Crippen MR) is 80.1 cm³/mol. The van der Waals surface area contributed by atoms with Gasteiger partial charge in [-0.15, -0.1) is 0 Å². The molecular formula is C15H26F3N3O2. The smallest absolute Gasteiger partial charge is 0.379 e. The molecule has 2 fully saturated rings. The number of halogens is 3. The first kappa shape index (κ1) is 18.5. The van der Waals surface area contributed by atoms with Crippen molar-refractivity contribution >= 4 is 5.91 Å². The highest BCUT2D eigenvalue weighted by atomic mass is 19.4. The molecular weight excluding hydrogens is 311 g/mol. The van der Waals surface area contributed by atoms with Crippen LogP contribution in [0.1, 0.15) is 26.2 Å². The van der Waals surface area contributed by atoms with Gasteiger partial charge < -0.3 is 10.1 Å². The Kier molecular flexibility index (Phi) is 6.67. The Labute approximate surface area is 135 Å². The summed E-state index contributed by atoms with van der Waals surface area (Å²) in [7, 11) is 0. The van der Waals surface area contributed by atoms with Crippen LogP contribution >= 0.6 is 0 Å². The lowest BCUT2D eigenvalue weighted by molar-refractivity contribution is -0.142. The van der Waals surface area contributed by atoms with E-state index in [2.05, 4.69) is 9.80 Å². The van der Waals surface area contributed by atoms with E-state index in [1.165, 1.54) is 0 Å². The van der Waals surface area contributed by atoms with E-state index >= 15 is 0 Å². The van der Waals surface area contributed by atoms with Crippen LogP contribution in [0.4, 0.5) is 13.2 Å². The highest BCUT2D eigenvalue weighted by molar-refractivity contribution is 5.81. The summed E-state index contributed by atoms with van der Waals surface area (Å²) >= 11 is 0. The quantitative estimate of drug-likeness (QED) is 0.820. The fraction of sp³-hybridized carbons (Fsp3) is 0.933. The van der Waals surface area contributed by atoms with Gasteiger partial charge in [0.25, 0.3) is 0 Å². The lowest BCUT2D eigenvalue weighted by atomic mass is 9.99. The second kappa shape index (κ2) is 8.30. The van der Waals surface area contributed by atoms with Crippen LogP contribution in [0.5, 0.6) is 0 Å². The van der Waals surface area contributed by atoms with E-state index in [0.29, 0.717) is 13.2 Å². The first-order valence-electron chi connectivity index (χ1n) is 8.27. The summed E-state index contributed by atoms with van der Waals surface area (Å²) in [6, 6.07) is -0.322. The van der Waals surface area contributed by atoms with Crippen molar-refractivity contribution in [3.63, 3.8) is 0 Å². The summed E-state index contributed by atoms with van der Waals surface area (Å²) in [5, 5.41) is 2.00. The highest BCUT2D eigenvalue weighted by Gasteiger charge is 2.34. The molecule has 1 amide bonds. The first-order valence-corrected chi connectivity index (χ1v) is 8.27. The average molecular weight is 337 g/mol. The lowest BCUT2D eigenvalue weighted by Crippen LogP contribution is -2.56. The summed E-state index contributed by atoms with van der Waals surface area (Å²) in [5.41, 5.74) is 0. The fourth-order valence-corrected chi connectivity index (χ4v) is 3.30. The van der Waals surface area contributed by atoms with Crippen LogP contribution in [0.25, 0.3) is 0 Å². The molecule has 0 aromatic carbocycles. The van der Waals surface area contributed by atoms with Gasteiger partial charge in [-0.3, -0.25) is 14.6 Å². The number of carbonyl (C=O) groups excluding carboxylic acids is 1. The number of carbonyl (C=O) groups is 1. The van der Waals surface area contributed by atoms with E-state index < -0.39 is 24.7 Å². The molecule has 0 saturated carbocycles. The van der Waals surface area contributed by atoms with Crippen molar-refractivity contribution in [1.29, 1.82) is 0 Å². The number of amides is 1. The van der Waals surface area contributed by atoms with Gasteiger partial charge in [-0.1, -0.05) is 6.42 Å². The number of morpholine rings is 1. The largest absolute Gasteiger partial charge is 0.405 e. The molecule has 2 atom stereocenters. The van der Waals surface area contributed by atoms with Crippen molar-refractivity contribution in [1.82, 2.24) is 15.1 Å². The molecule has 2 aliphatic rings. The van der Waals surface area contributed by atoms with Gasteiger partial charge in [0.15, 0.2) is 0 Å². The molecule has 0 aromatic heterocycles. The molecule has 0 bridgehead atoms. The molecule has 0 radical (unpaired) electrons. The zero-order valence-electron chi connectivity index (χ0n) is 13.6. The molecule has 134 valence electrons. The maximum atomic E-state index is 12.3. The van der Waals surface area contributed by atoms with Crippen LogP contribution in [0, 0.1) is 0 Å². The Hall–Kier alpha value is -0.860. The van der Waals surface area contributed by atoms with Gasteiger partial charge in [-0.25, -0.2) is 0 Å². The maximum Gasteiger partial charge on any atom is 0.405 e. The second-order valence-electron chi connectivity index (χ2n) is 6.31. The van der Waals surface area contributed by atoms with E-state index in [0.717, 1.165) is 45.4 Å². The van der Waals surface area contributed by atoms with Crippen molar-refractivity contribution < 1.29 is 22.7 Å². The minimum absolute atomic E-state index is 0.216. The van der Waals surface area contributed by atoms with Gasteiger partial charge in [0.05, 0.1) is 19.3 Å². The summed E-state index contributed by atoms with van der Waals surface area (Å²) < 4.78 is 42.1. The number of hydrogen-bond donors (Lipinski definition) is 1. The van der Waals surface area contributed by atoms with Crippen molar-refractivity contribution in [3.8, 4) is 0 Å². The lowest BCUT2D eigenvalue weighted by Gasteiger charge is -2.42. The van der Waals surface area contributed by atoms with E-state index in [9.17, 15) is 18.0 Å². The van der Waals surface area contributed by atoms with E-state index in [1.54, 1.807) is 6.92 Å². The zero-order valence-corrected chi connectivity index (χ0v) is 13.6. The molecule has 1 N–H and O–H groups in total. The Morgan fingerprint density at radius 2 is 1.96 bits per heavy atom. The molecule has 23 heavy (non-hydrogen) atoms. The monoisotopic (exact) mass is 337 g/mol. The Morgan fingerprint density at radius 1 is 1.26 bits per heavy atom. The number of nitrogens with zero attached hydrogens (tertiary/aromatic N) is 2. The van der Waals surface area contributed by atoms with Gasteiger partial charge in [0.2, 0.25) is 5.91 Å². The van der Waals surface area contributed by atoms with Crippen LogP contribution in [0.3, 0.4) is 0 Å². The average Bonchev–Trinajstić information content (AvgIpc) is 2.53. The third kappa shape index (κ3) is 5.93. The zero-order chi connectivity index (χ0) is 16.9. The molecule has 8 heteroatoms. The van der Waals surface area contributed by atoms with E-state index in [1.807, 2.05) is 5.32 Å². The Balaban J connectivity index is 1.89. The minimum Gasteiger partial charge on any atom is -0.379 e. The Bertz CT molecular complexity index is 387. The summed E-state index contributed by atoms with van der Waals surface area (Å²) in [6.45, 7) is 5.22. The van der Waals surface area contributed by atoms with Gasteiger partial charge in [-0.05, 0) is 26.3 Å². The van der Waals surface area contributed by atoms with Crippen LogP contribution in [0.2, 0.25) is 0 Å². The van der Waals surface area contributed by atoms with Gasteiger partial charge in [-0.2, -0.15) is 13.2 Å². The number of ether oxygens (including phenoxy) is 1. The topological polar surface area (TPSA) is 44.8 Å². The van der Waals surface area contributed by atoms with Crippen molar-refractivity contribution in [3.05, 3.63) is 0 Å². The van der Waals surface area contributed by atoms with Crippen molar-refractivity contribution in [2.75, 3.05) is 45.9 Å². The number of likely N-dealkylation sites (tertiary alicyclic amines) is 1. The fourth-order valence-electron chi connectivity index (χ4n) is 3.30. The molecule has 0 aromatic rings.